The molecule has 1 aromatic rings. The number of ether oxygens (including phenoxy) is 1. The van der Waals surface area contributed by atoms with Crippen molar-refractivity contribution in [1.29, 1.82) is 0 Å². The molecule has 2 unspecified atom stereocenters. The highest BCUT2D eigenvalue weighted by atomic mass is 16.5. The highest BCUT2D eigenvalue weighted by molar-refractivity contribution is 5.77. The average molecular weight is 290 g/mol. The fourth-order valence-corrected chi connectivity index (χ4v) is 2.77. The third-order valence-electron chi connectivity index (χ3n) is 4.15. The van der Waals surface area contributed by atoms with Crippen LogP contribution < -0.4 is 15.8 Å². The molecule has 21 heavy (non-hydrogen) atoms. The van der Waals surface area contributed by atoms with Gasteiger partial charge in [0.05, 0.1) is 0 Å². The van der Waals surface area contributed by atoms with Crippen LogP contribution in [0.5, 0.6) is 5.75 Å². The maximum absolute atomic E-state index is 11.9. The zero-order valence-electron chi connectivity index (χ0n) is 12.8. The van der Waals surface area contributed by atoms with E-state index < -0.39 is 0 Å². The van der Waals surface area contributed by atoms with Crippen molar-refractivity contribution in [2.75, 3.05) is 6.61 Å². The standard InChI is InChI=1S/C17H26N2O2/c1-13-3-2-4-15(8-5-13)19-17(20)12-21-16-9-6-14(11-18)7-10-16/h6-7,9-10,13,15H,2-5,8,11-12,18H2,1H3,(H,19,20). The lowest BCUT2D eigenvalue weighted by atomic mass is 10.0. The molecule has 1 aliphatic carbocycles. The molecule has 0 aliphatic heterocycles. The number of carbonyl (C=O) groups is 1. The van der Waals surface area contributed by atoms with Gasteiger partial charge >= 0.3 is 0 Å². The smallest absolute Gasteiger partial charge is 0.258 e. The van der Waals surface area contributed by atoms with Crippen molar-refractivity contribution in [2.24, 2.45) is 11.7 Å². The first kappa shape index (κ1) is 15.8. The van der Waals surface area contributed by atoms with E-state index in [1.54, 1.807) is 0 Å². The van der Waals surface area contributed by atoms with Crippen molar-refractivity contribution in [3.8, 4) is 5.75 Å². The summed E-state index contributed by atoms with van der Waals surface area (Å²) in [5.41, 5.74) is 6.60. The number of carbonyl (C=O) groups excluding carboxylic acids is 1. The van der Waals surface area contributed by atoms with Crippen LogP contribution in [-0.4, -0.2) is 18.6 Å². The molecule has 4 heteroatoms. The molecule has 3 N–H and O–H groups in total. The van der Waals surface area contributed by atoms with E-state index in [2.05, 4.69) is 12.2 Å². The van der Waals surface area contributed by atoms with Gasteiger partial charge in [-0.25, -0.2) is 0 Å². The van der Waals surface area contributed by atoms with Crippen molar-refractivity contribution in [3.63, 3.8) is 0 Å². The third kappa shape index (κ3) is 5.38. The molecule has 4 nitrogen and oxygen atoms in total. The first-order valence-corrected chi connectivity index (χ1v) is 7.88. The summed E-state index contributed by atoms with van der Waals surface area (Å²) in [5.74, 6) is 1.46. The van der Waals surface area contributed by atoms with E-state index in [1.165, 1.54) is 19.3 Å². The maximum atomic E-state index is 11.9. The summed E-state index contributed by atoms with van der Waals surface area (Å²) in [5, 5.41) is 3.09. The lowest BCUT2D eigenvalue weighted by Gasteiger charge is -2.16. The molecule has 1 saturated carbocycles. The quantitative estimate of drug-likeness (QED) is 0.819. The van der Waals surface area contributed by atoms with Crippen LogP contribution in [0, 0.1) is 5.92 Å². The number of hydrogen-bond donors (Lipinski definition) is 2. The van der Waals surface area contributed by atoms with Crippen LogP contribution in [0.15, 0.2) is 24.3 Å². The topological polar surface area (TPSA) is 64.3 Å². The van der Waals surface area contributed by atoms with E-state index in [1.807, 2.05) is 24.3 Å². The normalized spacial score (nSPS) is 22.4. The van der Waals surface area contributed by atoms with Crippen LogP contribution in [0.1, 0.15) is 44.6 Å². The van der Waals surface area contributed by atoms with Crippen LogP contribution >= 0.6 is 0 Å². The molecule has 1 aromatic carbocycles. The molecule has 0 radical (unpaired) electrons. The molecule has 0 aromatic heterocycles. The number of rotatable bonds is 5. The minimum absolute atomic E-state index is 0.0301. The Hall–Kier alpha value is -1.55. The molecule has 2 atom stereocenters. The number of nitrogens with two attached hydrogens (primary N) is 1. The highest BCUT2D eigenvalue weighted by Crippen LogP contribution is 2.22. The van der Waals surface area contributed by atoms with Crippen LogP contribution in [0.25, 0.3) is 0 Å². The third-order valence-corrected chi connectivity index (χ3v) is 4.15. The van der Waals surface area contributed by atoms with Gasteiger partial charge in [0.25, 0.3) is 5.91 Å². The van der Waals surface area contributed by atoms with E-state index in [9.17, 15) is 4.79 Å². The summed E-state index contributed by atoms with van der Waals surface area (Å²) >= 11 is 0. The second-order valence-electron chi connectivity index (χ2n) is 6.01. The predicted octanol–water partition coefficient (Wildman–Crippen LogP) is 2.61. The monoisotopic (exact) mass is 290 g/mol. The number of nitrogens with one attached hydrogen (secondary N) is 1. The summed E-state index contributed by atoms with van der Waals surface area (Å²) in [6.45, 7) is 2.88. The fourth-order valence-electron chi connectivity index (χ4n) is 2.77. The Kier molecular flexibility index (Phi) is 6.05. The van der Waals surface area contributed by atoms with Gasteiger partial charge in [-0.2, -0.15) is 0 Å². The second kappa shape index (κ2) is 8.03. The van der Waals surface area contributed by atoms with Gasteiger partial charge in [0, 0.05) is 12.6 Å². The minimum Gasteiger partial charge on any atom is -0.484 e. The van der Waals surface area contributed by atoms with E-state index in [-0.39, 0.29) is 12.5 Å². The van der Waals surface area contributed by atoms with Gasteiger partial charge in [-0.15, -0.1) is 0 Å². The summed E-state index contributed by atoms with van der Waals surface area (Å²) in [6.07, 6.45) is 5.84. The molecule has 0 spiro atoms. The Morgan fingerprint density at radius 3 is 2.71 bits per heavy atom. The summed E-state index contributed by atoms with van der Waals surface area (Å²) in [6, 6.07) is 7.84. The molecule has 0 saturated heterocycles. The number of amides is 1. The van der Waals surface area contributed by atoms with Crippen molar-refractivity contribution in [3.05, 3.63) is 29.8 Å². The van der Waals surface area contributed by atoms with Crippen molar-refractivity contribution < 1.29 is 9.53 Å². The van der Waals surface area contributed by atoms with Gasteiger partial charge in [0.15, 0.2) is 6.61 Å². The largest absolute Gasteiger partial charge is 0.484 e. The summed E-state index contributed by atoms with van der Waals surface area (Å²) < 4.78 is 5.51. The van der Waals surface area contributed by atoms with Crippen molar-refractivity contribution in [1.82, 2.24) is 5.32 Å². The molecule has 0 heterocycles. The molecule has 116 valence electrons. The Morgan fingerprint density at radius 2 is 2.00 bits per heavy atom. The van der Waals surface area contributed by atoms with Crippen molar-refractivity contribution >= 4 is 5.91 Å². The van der Waals surface area contributed by atoms with Crippen LogP contribution in [0.4, 0.5) is 0 Å². The molecule has 1 fully saturated rings. The predicted molar refractivity (Wildman–Crippen MR) is 84.0 cm³/mol. The second-order valence-corrected chi connectivity index (χ2v) is 6.01. The van der Waals surface area contributed by atoms with Gasteiger partial charge in [-0.05, 0) is 42.9 Å². The van der Waals surface area contributed by atoms with Gasteiger partial charge in [-0.3, -0.25) is 4.79 Å². The highest BCUT2D eigenvalue weighted by Gasteiger charge is 2.17. The van der Waals surface area contributed by atoms with E-state index in [0.29, 0.717) is 18.3 Å². The van der Waals surface area contributed by atoms with E-state index >= 15 is 0 Å². The fraction of sp³-hybridized carbons (Fsp3) is 0.588. The van der Waals surface area contributed by atoms with Gasteiger partial charge in [-0.1, -0.05) is 31.9 Å². The average Bonchev–Trinajstić information content (AvgIpc) is 2.70. The first-order valence-electron chi connectivity index (χ1n) is 7.88. The molecule has 1 aliphatic rings. The number of benzene rings is 1. The van der Waals surface area contributed by atoms with Crippen LogP contribution in [-0.2, 0) is 11.3 Å². The first-order chi connectivity index (χ1) is 10.2. The van der Waals surface area contributed by atoms with Crippen LogP contribution in [0.2, 0.25) is 0 Å². The van der Waals surface area contributed by atoms with Gasteiger partial charge < -0.3 is 15.8 Å². The van der Waals surface area contributed by atoms with Gasteiger partial charge in [0.1, 0.15) is 5.75 Å². The SMILES string of the molecule is CC1CCCC(NC(=O)COc2ccc(CN)cc2)CC1. The summed E-state index contributed by atoms with van der Waals surface area (Å²) in [7, 11) is 0. The Labute approximate surface area is 127 Å². The number of hydrogen-bond acceptors (Lipinski definition) is 3. The van der Waals surface area contributed by atoms with E-state index in [0.717, 1.165) is 24.3 Å². The van der Waals surface area contributed by atoms with Crippen molar-refractivity contribution in [2.45, 2.75) is 51.6 Å². The zero-order chi connectivity index (χ0) is 15.1. The molecule has 2 rings (SSSR count). The Morgan fingerprint density at radius 1 is 1.24 bits per heavy atom. The lowest BCUT2D eigenvalue weighted by Crippen LogP contribution is -2.37. The lowest BCUT2D eigenvalue weighted by molar-refractivity contribution is -0.123. The summed E-state index contributed by atoms with van der Waals surface area (Å²) in [4.78, 5) is 11.9. The Bertz CT molecular complexity index is 445. The van der Waals surface area contributed by atoms with Gasteiger partial charge in [0.2, 0.25) is 0 Å². The molecule has 0 bridgehead atoms. The maximum Gasteiger partial charge on any atom is 0.258 e. The van der Waals surface area contributed by atoms with Crippen LogP contribution in [0.3, 0.4) is 0 Å². The Balaban J connectivity index is 1.73. The van der Waals surface area contributed by atoms with E-state index in [4.69, 9.17) is 10.5 Å². The molecular formula is C17H26N2O2. The molecule has 1 amide bonds. The zero-order valence-corrected chi connectivity index (χ0v) is 12.8. The minimum atomic E-state index is -0.0301. The molecular weight excluding hydrogens is 264 g/mol.